The number of hydrogen-bond donors (Lipinski definition) is 2. The fraction of sp³-hybridized carbons (Fsp3) is 0.222. The summed E-state index contributed by atoms with van der Waals surface area (Å²) in [6.45, 7) is 8.40. The van der Waals surface area contributed by atoms with Gasteiger partial charge in [0.2, 0.25) is 0 Å². The molecule has 3 aromatic rings. The molecule has 0 bridgehead atoms. The summed E-state index contributed by atoms with van der Waals surface area (Å²) in [4.78, 5) is 4.62. The first-order valence-electron chi connectivity index (χ1n) is 7.46. The van der Waals surface area contributed by atoms with E-state index in [-0.39, 0.29) is 0 Å². The van der Waals surface area contributed by atoms with Crippen molar-refractivity contribution in [3.8, 4) is 0 Å². The predicted octanol–water partition coefficient (Wildman–Crippen LogP) is 5.34. The summed E-state index contributed by atoms with van der Waals surface area (Å²) in [7, 11) is 0. The maximum atomic E-state index is 5.42. The Kier molecular flexibility index (Phi) is 4.33. The van der Waals surface area contributed by atoms with Crippen LogP contribution in [-0.4, -0.2) is 10.1 Å². The lowest BCUT2D eigenvalue weighted by molar-refractivity contribution is 1.34. The van der Waals surface area contributed by atoms with Crippen LogP contribution in [0.4, 0.5) is 10.8 Å². The van der Waals surface area contributed by atoms with Crippen LogP contribution in [0.5, 0.6) is 0 Å². The van der Waals surface area contributed by atoms with E-state index in [1.54, 1.807) is 11.3 Å². The molecule has 5 heteroatoms. The molecule has 0 spiro atoms. The summed E-state index contributed by atoms with van der Waals surface area (Å²) in [5.41, 5.74) is 7.01. The van der Waals surface area contributed by atoms with Crippen molar-refractivity contribution in [1.82, 2.24) is 4.98 Å². The molecule has 0 atom stereocenters. The van der Waals surface area contributed by atoms with Gasteiger partial charge >= 0.3 is 0 Å². The van der Waals surface area contributed by atoms with Crippen LogP contribution in [-0.2, 0) is 0 Å². The molecule has 0 radical (unpaired) electrons. The predicted molar refractivity (Wildman–Crippen MR) is 105 cm³/mol. The van der Waals surface area contributed by atoms with Gasteiger partial charge in [-0.3, -0.25) is 0 Å². The molecule has 3 rings (SSSR count). The quantitative estimate of drug-likeness (QED) is 0.617. The largest absolute Gasteiger partial charge is 0.332 e. The van der Waals surface area contributed by atoms with Crippen LogP contribution < -0.4 is 10.6 Å². The van der Waals surface area contributed by atoms with E-state index in [1.165, 1.54) is 27.0 Å². The molecule has 1 aromatic heterocycles. The molecule has 118 valence electrons. The Labute approximate surface area is 145 Å². The first-order chi connectivity index (χ1) is 10.9. The molecule has 0 aliphatic carbocycles. The van der Waals surface area contributed by atoms with Crippen LogP contribution in [0.3, 0.4) is 0 Å². The maximum Gasteiger partial charge on any atom is 0.190 e. The standard InChI is InChI=1S/C18H19N3S2/c1-10-6-5-7-14(13(10)4)19-17(22)21-18-20-15-8-11(2)12(3)9-16(15)23-18/h5-9H,1-4H3,(H2,19,20,21,22). The van der Waals surface area contributed by atoms with Crippen LogP contribution in [0.25, 0.3) is 10.2 Å². The fourth-order valence-electron chi connectivity index (χ4n) is 2.37. The zero-order chi connectivity index (χ0) is 16.6. The van der Waals surface area contributed by atoms with E-state index < -0.39 is 0 Å². The highest BCUT2D eigenvalue weighted by atomic mass is 32.1. The molecule has 0 aliphatic heterocycles. The van der Waals surface area contributed by atoms with Gasteiger partial charge in [0.05, 0.1) is 10.2 Å². The summed E-state index contributed by atoms with van der Waals surface area (Å²) in [5, 5.41) is 7.82. The maximum absolute atomic E-state index is 5.42. The molecule has 1 heterocycles. The number of nitrogens with one attached hydrogen (secondary N) is 2. The second kappa shape index (κ2) is 6.26. The molecule has 3 nitrogen and oxygen atoms in total. The average Bonchev–Trinajstić information content (AvgIpc) is 2.85. The van der Waals surface area contributed by atoms with Crippen LogP contribution in [0.1, 0.15) is 22.3 Å². The Morgan fingerprint density at radius 3 is 2.52 bits per heavy atom. The zero-order valence-electron chi connectivity index (χ0n) is 13.7. The lowest BCUT2D eigenvalue weighted by Gasteiger charge is -2.12. The van der Waals surface area contributed by atoms with Crippen LogP contribution >= 0.6 is 23.6 Å². The lowest BCUT2D eigenvalue weighted by atomic mass is 10.1. The van der Waals surface area contributed by atoms with Gasteiger partial charge in [-0.1, -0.05) is 23.5 Å². The normalized spacial score (nSPS) is 10.8. The van der Waals surface area contributed by atoms with Gasteiger partial charge in [-0.15, -0.1) is 0 Å². The zero-order valence-corrected chi connectivity index (χ0v) is 15.3. The fourth-order valence-corrected chi connectivity index (χ4v) is 3.59. The Hall–Kier alpha value is -1.98. The number of benzene rings is 2. The van der Waals surface area contributed by atoms with Gasteiger partial charge in [0.25, 0.3) is 0 Å². The Morgan fingerprint density at radius 1 is 1.00 bits per heavy atom. The lowest BCUT2D eigenvalue weighted by Crippen LogP contribution is -2.19. The average molecular weight is 342 g/mol. The minimum Gasteiger partial charge on any atom is -0.332 e. The summed E-state index contributed by atoms with van der Waals surface area (Å²) in [5.74, 6) is 0. The highest BCUT2D eigenvalue weighted by molar-refractivity contribution is 7.80. The topological polar surface area (TPSA) is 37.0 Å². The van der Waals surface area contributed by atoms with Gasteiger partial charge in [-0.25, -0.2) is 4.98 Å². The molecule has 0 fully saturated rings. The smallest absolute Gasteiger partial charge is 0.190 e. The van der Waals surface area contributed by atoms with Crippen LogP contribution in [0.15, 0.2) is 30.3 Å². The monoisotopic (exact) mass is 341 g/mol. The number of aryl methyl sites for hydroxylation is 3. The number of rotatable bonds is 2. The van der Waals surface area contributed by atoms with Crippen molar-refractivity contribution in [2.45, 2.75) is 27.7 Å². The molecular formula is C18H19N3S2. The van der Waals surface area contributed by atoms with Crippen molar-refractivity contribution in [1.29, 1.82) is 0 Å². The molecule has 0 saturated carbocycles. The van der Waals surface area contributed by atoms with E-state index in [2.05, 4.69) is 61.5 Å². The number of thiocarbonyl (C=S) groups is 1. The first kappa shape index (κ1) is 15.9. The highest BCUT2D eigenvalue weighted by Crippen LogP contribution is 2.28. The van der Waals surface area contributed by atoms with E-state index in [0.29, 0.717) is 5.11 Å². The minimum absolute atomic E-state index is 0.561. The van der Waals surface area contributed by atoms with Gasteiger partial charge in [0.1, 0.15) is 0 Å². The molecule has 0 amide bonds. The molecule has 2 aromatic carbocycles. The van der Waals surface area contributed by atoms with Gasteiger partial charge in [0.15, 0.2) is 10.2 Å². The van der Waals surface area contributed by atoms with Crippen molar-refractivity contribution in [3.05, 3.63) is 52.6 Å². The SMILES string of the molecule is Cc1cc2nc(NC(=S)Nc3cccc(C)c3C)sc2cc1C. The minimum atomic E-state index is 0.561. The van der Waals surface area contributed by atoms with Gasteiger partial charge in [0, 0.05) is 5.69 Å². The van der Waals surface area contributed by atoms with Gasteiger partial charge < -0.3 is 10.6 Å². The summed E-state index contributed by atoms with van der Waals surface area (Å²) in [6, 6.07) is 10.4. The summed E-state index contributed by atoms with van der Waals surface area (Å²) in [6.07, 6.45) is 0. The van der Waals surface area contributed by atoms with Gasteiger partial charge in [-0.05, 0) is 80.4 Å². The van der Waals surface area contributed by atoms with Crippen molar-refractivity contribution < 1.29 is 0 Å². The number of nitrogens with zero attached hydrogens (tertiary/aromatic N) is 1. The first-order valence-corrected chi connectivity index (χ1v) is 8.68. The number of hydrogen-bond acceptors (Lipinski definition) is 3. The molecule has 0 saturated heterocycles. The van der Waals surface area contributed by atoms with Crippen molar-refractivity contribution >= 4 is 49.7 Å². The second-order valence-electron chi connectivity index (χ2n) is 5.75. The second-order valence-corrected chi connectivity index (χ2v) is 7.19. The van der Waals surface area contributed by atoms with E-state index >= 15 is 0 Å². The molecule has 23 heavy (non-hydrogen) atoms. The molecule has 2 N–H and O–H groups in total. The number of fused-ring (bicyclic) bond motifs is 1. The Bertz CT molecular complexity index is 858. The molecular weight excluding hydrogens is 322 g/mol. The van der Waals surface area contributed by atoms with Gasteiger partial charge in [-0.2, -0.15) is 0 Å². The number of thiazole rings is 1. The third kappa shape index (κ3) is 3.35. The molecule has 0 unspecified atom stereocenters. The van der Waals surface area contributed by atoms with E-state index in [0.717, 1.165) is 16.3 Å². The van der Waals surface area contributed by atoms with Crippen molar-refractivity contribution in [2.75, 3.05) is 10.6 Å². The van der Waals surface area contributed by atoms with Crippen molar-refractivity contribution in [2.24, 2.45) is 0 Å². The summed E-state index contributed by atoms with van der Waals surface area (Å²) < 4.78 is 1.17. The van der Waals surface area contributed by atoms with Crippen LogP contribution in [0.2, 0.25) is 0 Å². The highest BCUT2D eigenvalue weighted by Gasteiger charge is 2.08. The van der Waals surface area contributed by atoms with E-state index in [4.69, 9.17) is 12.2 Å². The van der Waals surface area contributed by atoms with Crippen molar-refractivity contribution in [3.63, 3.8) is 0 Å². The van der Waals surface area contributed by atoms with Crippen LogP contribution in [0, 0.1) is 27.7 Å². The van der Waals surface area contributed by atoms with E-state index in [1.807, 2.05) is 12.1 Å². The Morgan fingerprint density at radius 2 is 1.74 bits per heavy atom. The number of aromatic nitrogens is 1. The Balaban J connectivity index is 1.79. The number of anilines is 2. The van der Waals surface area contributed by atoms with E-state index in [9.17, 15) is 0 Å². The summed E-state index contributed by atoms with van der Waals surface area (Å²) >= 11 is 7.04. The third-order valence-corrected chi connectivity index (χ3v) is 5.21. The molecule has 0 aliphatic rings. The third-order valence-electron chi connectivity index (χ3n) is 4.08.